The molecule has 0 atom stereocenters. The van der Waals surface area contributed by atoms with Crippen LogP contribution in [0.5, 0.6) is 5.75 Å². The van der Waals surface area contributed by atoms with Crippen LogP contribution in [0.4, 0.5) is 0 Å². The van der Waals surface area contributed by atoms with E-state index in [9.17, 15) is 4.79 Å². The Balaban J connectivity index is 2.09. The van der Waals surface area contributed by atoms with Crippen molar-refractivity contribution in [2.75, 3.05) is 7.11 Å². The number of rotatable bonds is 5. The molecule has 0 saturated heterocycles. The molecule has 0 N–H and O–H groups in total. The van der Waals surface area contributed by atoms with Crippen molar-refractivity contribution in [1.82, 2.24) is 4.57 Å². The SMILES string of the molecule is COc1ccc(Cn2c(C)c(C(C)=O)c(-c3ccc(C)cc3)c2C)cc1. The van der Waals surface area contributed by atoms with Crippen LogP contribution in [0.1, 0.15) is 39.8 Å². The zero-order valence-electron chi connectivity index (χ0n) is 16.1. The second kappa shape index (κ2) is 7.20. The maximum Gasteiger partial charge on any atom is 0.162 e. The smallest absolute Gasteiger partial charge is 0.162 e. The Labute approximate surface area is 155 Å². The lowest BCUT2D eigenvalue weighted by molar-refractivity contribution is 0.101. The van der Waals surface area contributed by atoms with Crippen molar-refractivity contribution >= 4 is 5.78 Å². The fourth-order valence-corrected chi connectivity index (χ4v) is 3.54. The van der Waals surface area contributed by atoms with Crippen LogP contribution in [-0.2, 0) is 6.54 Å². The van der Waals surface area contributed by atoms with E-state index in [1.807, 2.05) is 19.1 Å². The number of aryl methyl sites for hydroxylation is 1. The zero-order chi connectivity index (χ0) is 18.8. The summed E-state index contributed by atoms with van der Waals surface area (Å²) < 4.78 is 7.47. The molecule has 3 rings (SSSR count). The third kappa shape index (κ3) is 3.30. The van der Waals surface area contributed by atoms with Gasteiger partial charge in [0.15, 0.2) is 5.78 Å². The Morgan fingerprint density at radius 1 is 0.923 bits per heavy atom. The molecule has 134 valence electrons. The zero-order valence-corrected chi connectivity index (χ0v) is 16.1. The molecule has 0 saturated carbocycles. The molecule has 1 heterocycles. The van der Waals surface area contributed by atoms with E-state index < -0.39 is 0 Å². The summed E-state index contributed by atoms with van der Waals surface area (Å²) in [5, 5.41) is 0. The maximum atomic E-state index is 12.4. The van der Waals surface area contributed by atoms with E-state index in [0.29, 0.717) is 0 Å². The van der Waals surface area contributed by atoms with Crippen LogP contribution in [0.15, 0.2) is 48.5 Å². The molecule has 0 bridgehead atoms. The van der Waals surface area contributed by atoms with Gasteiger partial charge in [0.25, 0.3) is 0 Å². The van der Waals surface area contributed by atoms with Crippen LogP contribution < -0.4 is 4.74 Å². The molecule has 3 nitrogen and oxygen atoms in total. The summed E-state index contributed by atoms with van der Waals surface area (Å²) in [5.41, 5.74) is 7.48. The molecular weight excluding hydrogens is 322 g/mol. The molecule has 0 aliphatic carbocycles. The summed E-state index contributed by atoms with van der Waals surface area (Å²) in [5.74, 6) is 0.953. The molecule has 0 spiro atoms. The fourth-order valence-electron chi connectivity index (χ4n) is 3.54. The molecule has 0 unspecified atom stereocenters. The molecule has 1 aromatic heterocycles. The number of hydrogen-bond donors (Lipinski definition) is 0. The van der Waals surface area contributed by atoms with Crippen molar-refractivity contribution < 1.29 is 9.53 Å². The van der Waals surface area contributed by atoms with Crippen LogP contribution in [0, 0.1) is 20.8 Å². The molecule has 0 aliphatic heterocycles. The van der Waals surface area contributed by atoms with Gasteiger partial charge in [0, 0.05) is 29.1 Å². The van der Waals surface area contributed by atoms with E-state index >= 15 is 0 Å². The average Bonchev–Trinajstić information content (AvgIpc) is 2.88. The number of nitrogens with zero attached hydrogens (tertiary/aromatic N) is 1. The largest absolute Gasteiger partial charge is 0.497 e. The lowest BCUT2D eigenvalue weighted by Gasteiger charge is -2.11. The third-order valence-electron chi connectivity index (χ3n) is 4.98. The van der Waals surface area contributed by atoms with E-state index in [1.54, 1.807) is 14.0 Å². The number of ketones is 1. The minimum atomic E-state index is 0.106. The summed E-state index contributed by atoms with van der Waals surface area (Å²) in [4.78, 5) is 12.4. The van der Waals surface area contributed by atoms with Gasteiger partial charge in [-0.2, -0.15) is 0 Å². The number of ether oxygens (including phenoxy) is 1. The van der Waals surface area contributed by atoms with Gasteiger partial charge in [-0.25, -0.2) is 0 Å². The van der Waals surface area contributed by atoms with Gasteiger partial charge in [-0.15, -0.1) is 0 Å². The second-order valence-electron chi connectivity index (χ2n) is 6.78. The number of carbonyl (C=O) groups excluding carboxylic acids is 1. The van der Waals surface area contributed by atoms with Crippen molar-refractivity contribution in [3.63, 3.8) is 0 Å². The molecule has 3 heteroatoms. The Bertz CT molecular complexity index is 932. The first-order valence-electron chi connectivity index (χ1n) is 8.83. The van der Waals surface area contributed by atoms with Crippen LogP contribution >= 0.6 is 0 Å². The van der Waals surface area contributed by atoms with Gasteiger partial charge in [-0.3, -0.25) is 4.79 Å². The standard InChI is InChI=1S/C23H25NO2/c1-15-6-10-20(11-7-15)23-17(3)24(16(2)22(23)18(4)25)14-19-8-12-21(26-5)13-9-19/h6-13H,14H2,1-5H3. The summed E-state index contributed by atoms with van der Waals surface area (Å²) in [7, 11) is 1.67. The van der Waals surface area contributed by atoms with Gasteiger partial charge < -0.3 is 9.30 Å². The third-order valence-corrected chi connectivity index (χ3v) is 4.98. The first kappa shape index (κ1) is 18.0. The van der Waals surface area contributed by atoms with Crippen molar-refractivity contribution in [2.24, 2.45) is 0 Å². The quantitative estimate of drug-likeness (QED) is 0.583. The predicted molar refractivity (Wildman–Crippen MR) is 106 cm³/mol. The van der Waals surface area contributed by atoms with Gasteiger partial charge >= 0.3 is 0 Å². The highest BCUT2D eigenvalue weighted by Gasteiger charge is 2.21. The van der Waals surface area contributed by atoms with Crippen LogP contribution in [0.2, 0.25) is 0 Å². The topological polar surface area (TPSA) is 31.2 Å². The van der Waals surface area contributed by atoms with E-state index in [4.69, 9.17) is 4.74 Å². The molecule has 3 aromatic rings. The molecule has 26 heavy (non-hydrogen) atoms. The second-order valence-corrected chi connectivity index (χ2v) is 6.78. The monoisotopic (exact) mass is 347 g/mol. The number of Topliss-reactive ketones (excluding diaryl/α,β-unsaturated/α-hetero) is 1. The maximum absolute atomic E-state index is 12.4. The van der Waals surface area contributed by atoms with E-state index in [0.717, 1.165) is 40.4 Å². The highest BCUT2D eigenvalue weighted by molar-refractivity contribution is 6.03. The Morgan fingerprint density at radius 2 is 1.54 bits per heavy atom. The van der Waals surface area contributed by atoms with E-state index in [-0.39, 0.29) is 5.78 Å². The van der Waals surface area contributed by atoms with Gasteiger partial charge in [-0.05, 0) is 51.0 Å². The summed E-state index contributed by atoms with van der Waals surface area (Å²) in [6, 6.07) is 16.5. The number of aromatic nitrogens is 1. The van der Waals surface area contributed by atoms with Crippen LogP contribution in [0.3, 0.4) is 0 Å². The Morgan fingerprint density at radius 3 is 2.08 bits per heavy atom. The van der Waals surface area contributed by atoms with Gasteiger partial charge in [0.05, 0.1) is 7.11 Å². The van der Waals surface area contributed by atoms with Gasteiger partial charge in [0.2, 0.25) is 0 Å². The number of hydrogen-bond acceptors (Lipinski definition) is 2. The minimum absolute atomic E-state index is 0.106. The number of methoxy groups -OCH3 is 1. The van der Waals surface area contributed by atoms with Crippen molar-refractivity contribution in [1.29, 1.82) is 0 Å². The van der Waals surface area contributed by atoms with Gasteiger partial charge in [0.1, 0.15) is 5.75 Å². The minimum Gasteiger partial charge on any atom is -0.497 e. The fraction of sp³-hybridized carbons (Fsp3) is 0.261. The number of carbonyl (C=O) groups is 1. The van der Waals surface area contributed by atoms with E-state index in [2.05, 4.69) is 54.8 Å². The Hall–Kier alpha value is -2.81. The van der Waals surface area contributed by atoms with Crippen LogP contribution in [0.25, 0.3) is 11.1 Å². The molecule has 0 fully saturated rings. The van der Waals surface area contributed by atoms with Crippen molar-refractivity contribution in [2.45, 2.75) is 34.2 Å². The van der Waals surface area contributed by atoms with Crippen molar-refractivity contribution in [3.8, 4) is 16.9 Å². The predicted octanol–water partition coefficient (Wildman–Crippen LogP) is 5.34. The lowest BCUT2D eigenvalue weighted by Crippen LogP contribution is -2.05. The number of benzene rings is 2. The van der Waals surface area contributed by atoms with Gasteiger partial charge in [-0.1, -0.05) is 42.0 Å². The summed E-state index contributed by atoms with van der Waals surface area (Å²) >= 11 is 0. The highest BCUT2D eigenvalue weighted by Crippen LogP contribution is 2.33. The first-order chi connectivity index (χ1) is 12.4. The first-order valence-corrected chi connectivity index (χ1v) is 8.83. The lowest BCUT2D eigenvalue weighted by atomic mass is 9.97. The molecule has 0 amide bonds. The normalized spacial score (nSPS) is 10.8. The highest BCUT2D eigenvalue weighted by atomic mass is 16.5. The van der Waals surface area contributed by atoms with Crippen LogP contribution in [-0.4, -0.2) is 17.5 Å². The molecule has 2 aromatic carbocycles. The summed E-state index contributed by atoms with van der Waals surface area (Å²) in [6.45, 7) is 8.58. The summed E-state index contributed by atoms with van der Waals surface area (Å²) in [6.07, 6.45) is 0. The Kier molecular flexibility index (Phi) is 4.99. The average molecular weight is 347 g/mol. The van der Waals surface area contributed by atoms with Crippen molar-refractivity contribution in [3.05, 3.63) is 76.6 Å². The molecule has 0 aliphatic rings. The molecular formula is C23H25NO2. The molecule has 0 radical (unpaired) electrons. The van der Waals surface area contributed by atoms with E-state index in [1.165, 1.54) is 11.1 Å².